The monoisotopic (exact) mass is 363 g/mol. The molecule has 0 aromatic carbocycles. The highest BCUT2D eigenvalue weighted by Crippen LogP contribution is 2.60. The summed E-state index contributed by atoms with van der Waals surface area (Å²) in [5, 5.41) is 26.6. The molecule has 24 heavy (non-hydrogen) atoms. The fraction of sp³-hybridized carbons (Fsp3) is 0.500. The van der Waals surface area contributed by atoms with Crippen LogP contribution < -0.4 is 11.3 Å². The minimum Gasteiger partial charge on any atom is -0.394 e. The summed E-state index contributed by atoms with van der Waals surface area (Å²) >= 11 is 0. The van der Waals surface area contributed by atoms with Crippen LogP contribution in [0.5, 0.6) is 0 Å². The van der Waals surface area contributed by atoms with E-state index in [1.165, 1.54) is 0 Å². The minimum absolute atomic E-state index is 0.220. The molecule has 0 amide bonds. The van der Waals surface area contributed by atoms with E-state index in [0.29, 0.717) is 0 Å². The first-order chi connectivity index (χ1) is 11.1. The summed E-state index contributed by atoms with van der Waals surface area (Å²) in [6.07, 6.45) is -4.51. The van der Waals surface area contributed by atoms with Crippen LogP contribution in [0.2, 0.25) is 0 Å². The highest BCUT2D eigenvalue weighted by molar-refractivity contribution is 7.53. The molecule has 0 saturated carbocycles. The first kappa shape index (κ1) is 17.0. The molecule has 1 aliphatic heterocycles. The number of ether oxygens (including phenoxy) is 1. The molecule has 3 heterocycles. The maximum Gasteiger partial charge on any atom is 0.364 e. The molecule has 4 atom stereocenters. The summed E-state index contributed by atoms with van der Waals surface area (Å²) in [5.41, 5.74) is 4.27. The maximum absolute atomic E-state index is 11.8. The van der Waals surface area contributed by atoms with E-state index in [2.05, 4.69) is 15.0 Å². The number of H-pyrrole nitrogens is 1. The van der Waals surface area contributed by atoms with Crippen LogP contribution in [-0.4, -0.2) is 68.8 Å². The number of anilines is 1. The zero-order valence-corrected chi connectivity index (χ0v) is 12.7. The molecule has 3 rings (SSSR count). The average Bonchev–Trinajstić information content (AvgIpc) is 3.00. The largest absolute Gasteiger partial charge is 0.394 e. The van der Waals surface area contributed by atoms with Gasteiger partial charge in [-0.3, -0.25) is 18.9 Å². The highest BCUT2D eigenvalue weighted by Gasteiger charge is 2.66. The Kier molecular flexibility index (Phi) is 3.77. The number of hydrogen-bond acceptors (Lipinski definition) is 9. The number of aliphatic hydroxyl groups is 3. The number of aromatic amines is 1. The number of hydrogen-bond donors (Lipinski definition) is 7. The third kappa shape index (κ3) is 2.18. The van der Waals surface area contributed by atoms with Gasteiger partial charge in [0.2, 0.25) is 11.3 Å². The summed E-state index contributed by atoms with van der Waals surface area (Å²) in [6.45, 7) is -0.817. The third-order valence-electron chi connectivity index (χ3n) is 3.80. The Labute approximate surface area is 132 Å². The van der Waals surface area contributed by atoms with Crippen molar-refractivity contribution in [3.8, 4) is 0 Å². The lowest BCUT2D eigenvalue weighted by Gasteiger charge is -2.31. The van der Waals surface area contributed by atoms with Crippen LogP contribution in [0.3, 0.4) is 0 Å². The molecule has 132 valence electrons. The Hall–Kier alpha value is -1.86. The van der Waals surface area contributed by atoms with Crippen molar-refractivity contribution in [2.45, 2.75) is 23.8 Å². The lowest BCUT2D eigenvalue weighted by atomic mass is 10.1. The molecule has 0 unspecified atom stereocenters. The molecule has 2 aromatic heterocycles. The molecule has 13 nitrogen and oxygen atoms in total. The van der Waals surface area contributed by atoms with Gasteiger partial charge in [-0.2, -0.15) is 4.98 Å². The quantitative estimate of drug-likeness (QED) is 0.270. The van der Waals surface area contributed by atoms with Crippen molar-refractivity contribution >= 4 is 24.7 Å². The standard InChI is InChI=1S/C10H14N5O8P/c11-9-13-6-4(7(18)14-9)12-2-15(6)8-10(19,24(20,21)22)5(17)3(1-16)23-8/h2-3,5,8,16-17,19H,1H2,(H2,20,21,22)(H3,11,13,14,18)/t3-,5-,8-,10+/m1/s1. The minimum atomic E-state index is -5.35. The number of nitrogens with zero attached hydrogens (tertiary/aromatic N) is 3. The number of imidazole rings is 1. The number of fused-ring (bicyclic) bond motifs is 1. The summed E-state index contributed by atoms with van der Waals surface area (Å²) in [6, 6.07) is 0. The number of aliphatic hydroxyl groups excluding tert-OH is 2. The number of nitrogens with one attached hydrogen (secondary N) is 1. The molecule has 0 spiro atoms. The van der Waals surface area contributed by atoms with Gasteiger partial charge >= 0.3 is 7.60 Å². The van der Waals surface area contributed by atoms with E-state index in [9.17, 15) is 34.5 Å². The van der Waals surface area contributed by atoms with Crippen molar-refractivity contribution in [1.29, 1.82) is 0 Å². The first-order valence-electron chi connectivity index (χ1n) is 6.56. The van der Waals surface area contributed by atoms with E-state index < -0.39 is 43.5 Å². The Morgan fingerprint density at radius 3 is 2.75 bits per heavy atom. The van der Waals surface area contributed by atoms with Crippen molar-refractivity contribution in [1.82, 2.24) is 19.5 Å². The fourth-order valence-electron chi connectivity index (χ4n) is 2.60. The molecule has 14 heteroatoms. The van der Waals surface area contributed by atoms with Crippen molar-refractivity contribution in [3.63, 3.8) is 0 Å². The second-order valence-corrected chi connectivity index (χ2v) is 7.06. The summed E-state index contributed by atoms with van der Waals surface area (Å²) < 4.78 is 17.8. The number of rotatable bonds is 3. The predicted molar refractivity (Wildman–Crippen MR) is 76.6 cm³/mol. The molecule has 2 aromatic rings. The molecule has 1 fully saturated rings. The molecule has 8 N–H and O–H groups in total. The van der Waals surface area contributed by atoms with Gasteiger partial charge in [-0.1, -0.05) is 0 Å². The van der Waals surface area contributed by atoms with Crippen molar-refractivity contribution < 1.29 is 34.4 Å². The lowest BCUT2D eigenvalue weighted by molar-refractivity contribution is -0.0700. The van der Waals surface area contributed by atoms with Crippen LogP contribution in [0.15, 0.2) is 11.1 Å². The Morgan fingerprint density at radius 1 is 1.50 bits per heavy atom. The number of nitrogen functional groups attached to an aromatic ring is 1. The van der Waals surface area contributed by atoms with E-state index in [1.807, 2.05) is 0 Å². The van der Waals surface area contributed by atoms with E-state index in [1.54, 1.807) is 0 Å². The summed E-state index contributed by atoms with van der Waals surface area (Å²) in [7, 11) is -5.35. The average molecular weight is 363 g/mol. The number of nitrogens with two attached hydrogens (primary N) is 1. The van der Waals surface area contributed by atoms with Gasteiger partial charge in [0.05, 0.1) is 12.9 Å². The van der Waals surface area contributed by atoms with Crippen LogP contribution in [-0.2, 0) is 9.30 Å². The van der Waals surface area contributed by atoms with Gasteiger partial charge in [0.15, 0.2) is 17.4 Å². The zero-order chi connectivity index (χ0) is 17.9. The van der Waals surface area contributed by atoms with Crippen LogP contribution in [0.1, 0.15) is 6.23 Å². The smallest absolute Gasteiger partial charge is 0.364 e. The van der Waals surface area contributed by atoms with E-state index in [4.69, 9.17) is 10.5 Å². The van der Waals surface area contributed by atoms with Crippen LogP contribution in [0.4, 0.5) is 5.95 Å². The van der Waals surface area contributed by atoms with Crippen molar-refractivity contribution in [2.75, 3.05) is 12.3 Å². The molecule has 1 saturated heterocycles. The molecule has 0 radical (unpaired) electrons. The van der Waals surface area contributed by atoms with Crippen LogP contribution in [0, 0.1) is 0 Å². The molecule has 0 bridgehead atoms. The molecular formula is C10H14N5O8P. The normalized spacial score (nSPS) is 31.0. The zero-order valence-electron chi connectivity index (χ0n) is 11.8. The topological polar surface area (TPSA) is 217 Å². The molecule has 1 aliphatic rings. The van der Waals surface area contributed by atoms with Gasteiger partial charge in [0.25, 0.3) is 5.56 Å². The second-order valence-electron chi connectivity index (χ2n) is 5.26. The second kappa shape index (κ2) is 5.32. The maximum atomic E-state index is 11.8. The van der Waals surface area contributed by atoms with Gasteiger partial charge in [0.1, 0.15) is 12.2 Å². The van der Waals surface area contributed by atoms with E-state index in [-0.39, 0.29) is 17.1 Å². The number of aromatic nitrogens is 4. The van der Waals surface area contributed by atoms with Gasteiger partial charge in [0, 0.05) is 0 Å². The molecule has 0 aliphatic carbocycles. The van der Waals surface area contributed by atoms with Crippen molar-refractivity contribution in [2.24, 2.45) is 0 Å². The van der Waals surface area contributed by atoms with Gasteiger partial charge in [-0.05, 0) is 0 Å². The van der Waals surface area contributed by atoms with Crippen LogP contribution in [0.25, 0.3) is 11.2 Å². The summed E-state index contributed by atoms with van der Waals surface area (Å²) in [4.78, 5) is 40.5. The SMILES string of the molecule is Nc1nc2c(ncn2[C@@H]2O[C@H](CO)[C@@H](O)[C@]2(O)P(=O)(O)O)c(=O)[nH]1. The first-order valence-corrected chi connectivity index (χ1v) is 8.17. The Bertz CT molecular complexity index is 891. The Balaban J connectivity index is 2.24. The van der Waals surface area contributed by atoms with Gasteiger partial charge < -0.3 is 35.6 Å². The lowest BCUT2D eigenvalue weighted by Crippen LogP contribution is -2.46. The van der Waals surface area contributed by atoms with E-state index >= 15 is 0 Å². The van der Waals surface area contributed by atoms with Gasteiger partial charge in [-0.15, -0.1) is 0 Å². The molecular weight excluding hydrogens is 349 g/mol. The van der Waals surface area contributed by atoms with E-state index in [0.717, 1.165) is 10.9 Å². The fourth-order valence-corrected chi connectivity index (χ4v) is 3.59. The van der Waals surface area contributed by atoms with Crippen LogP contribution >= 0.6 is 7.60 Å². The van der Waals surface area contributed by atoms with Gasteiger partial charge in [-0.25, -0.2) is 4.98 Å². The highest BCUT2D eigenvalue weighted by atomic mass is 31.2. The Morgan fingerprint density at radius 2 is 2.17 bits per heavy atom. The predicted octanol–water partition coefficient (Wildman–Crippen LogP) is -3.18. The third-order valence-corrected chi connectivity index (χ3v) is 5.22. The summed E-state index contributed by atoms with van der Waals surface area (Å²) in [5.74, 6) is -0.300. The van der Waals surface area contributed by atoms with Crippen molar-refractivity contribution in [3.05, 3.63) is 16.7 Å².